The second-order valence-electron chi connectivity index (χ2n) is 5.37. The minimum Gasteiger partial charge on any atom is -0.398 e. The number of nitrogens with zero attached hydrogens (tertiary/aromatic N) is 1. The molecule has 94 valence electrons. The number of rotatable bonds is 3. The van der Waals surface area contributed by atoms with Crippen LogP contribution >= 0.6 is 11.6 Å². The van der Waals surface area contributed by atoms with Crippen molar-refractivity contribution in [3.8, 4) is 0 Å². The Labute approximate surface area is 109 Å². The molecule has 2 rings (SSSR count). The second kappa shape index (κ2) is 5.28. The third-order valence-electron chi connectivity index (χ3n) is 3.75. The Morgan fingerprint density at radius 3 is 2.88 bits per heavy atom. The van der Waals surface area contributed by atoms with Gasteiger partial charge in [0.05, 0.1) is 0 Å². The van der Waals surface area contributed by atoms with E-state index in [1.165, 1.54) is 19.5 Å². The fourth-order valence-electron chi connectivity index (χ4n) is 2.50. The lowest BCUT2D eigenvalue weighted by Gasteiger charge is -2.18. The second-order valence-corrected chi connectivity index (χ2v) is 5.81. The molecule has 1 heterocycles. The molecule has 17 heavy (non-hydrogen) atoms. The third kappa shape index (κ3) is 3.14. The molecule has 0 radical (unpaired) electrons. The molecule has 1 aliphatic heterocycles. The zero-order valence-corrected chi connectivity index (χ0v) is 11.4. The molecule has 2 N–H and O–H groups in total. The Hall–Kier alpha value is -0.730. The van der Waals surface area contributed by atoms with Crippen LogP contribution in [0.5, 0.6) is 0 Å². The van der Waals surface area contributed by atoms with Gasteiger partial charge in [-0.15, -0.1) is 0 Å². The predicted octanol–water partition coefficient (Wildman–Crippen LogP) is 3.40. The normalized spacial score (nSPS) is 21.3. The first-order valence-electron chi connectivity index (χ1n) is 6.32. The molecule has 1 saturated heterocycles. The van der Waals surface area contributed by atoms with Gasteiger partial charge in [0.15, 0.2) is 0 Å². The Morgan fingerprint density at radius 1 is 1.47 bits per heavy atom. The highest BCUT2D eigenvalue weighted by molar-refractivity contribution is 6.30. The zero-order chi connectivity index (χ0) is 12.4. The van der Waals surface area contributed by atoms with Crippen LogP contribution in [0.2, 0.25) is 5.02 Å². The summed E-state index contributed by atoms with van der Waals surface area (Å²) in [6, 6.07) is 5.73. The van der Waals surface area contributed by atoms with E-state index >= 15 is 0 Å². The van der Waals surface area contributed by atoms with Crippen molar-refractivity contribution in [2.45, 2.75) is 26.8 Å². The van der Waals surface area contributed by atoms with Gasteiger partial charge in [0.1, 0.15) is 0 Å². The van der Waals surface area contributed by atoms with Crippen LogP contribution in [0.3, 0.4) is 0 Å². The van der Waals surface area contributed by atoms with E-state index in [1.807, 2.05) is 18.2 Å². The molecule has 1 unspecified atom stereocenters. The van der Waals surface area contributed by atoms with Crippen molar-refractivity contribution in [1.82, 2.24) is 4.90 Å². The Kier molecular flexibility index (Phi) is 3.95. The molecular weight excluding hydrogens is 232 g/mol. The average Bonchev–Trinajstić information content (AvgIpc) is 2.72. The van der Waals surface area contributed by atoms with Gasteiger partial charge in [-0.25, -0.2) is 0 Å². The van der Waals surface area contributed by atoms with Crippen LogP contribution in [0, 0.1) is 11.8 Å². The summed E-state index contributed by atoms with van der Waals surface area (Å²) in [7, 11) is 0. The third-order valence-corrected chi connectivity index (χ3v) is 3.99. The number of anilines is 1. The van der Waals surface area contributed by atoms with Crippen molar-refractivity contribution < 1.29 is 0 Å². The smallest absolute Gasteiger partial charge is 0.0410 e. The van der Waals surface area contributed by atoms with Crippen molar-refractivity contribution in [3.05, 3.63) is 28.8 Å². The molecule has 0 aromatic heterocycles. The number of hydrogen-bond acceptors (Lipinski definition) is 2. The van der Waals surface area contributed by atoms with Crippen LogP contribution in [-0.4, -0.2) is 18.0 Å². The highest BCUT2D eigenvalue weighted by atomic mass is 35.5. The summed E-state index contributed by atoms with van der Waals surface area (Å²) in [5.74, 6) is 1.60. The summed E-state index contributed by atoms with van der Waals surface area (Å²) in [4.78, 5) is 2.48. The van der Waals surface area contributed by atoms with Crippen LogP contribution in [0.1, 0.15) is 25.8 Å². The lowest BCUT2D eigenvalue weighted by molar-refractivity contribution is 0.297. The lowest BCUT2D eigenvalue weighted by atomic mass is 9.95. The van der Waals surface area contributed by atoms with Crippen molar-refractivity contribution in [3.63, 3.8) is 0 Å². The first-order chi connectivity index (χ1) is 8.06. The van der Waals surface area contributed by atoms with Crippen molar-refractivity contribution >= 4 is 17.3 Å². The van der Waals surface area contributed by atoms with E-state index in [0.717, 1.165) is 34.7 Å². The maximum atomic E-state index is 6.01. The topological polar surface area (TPSA) is 29.3 Å². The van der Waals surface area contributed by atoms with E-state index in [1.54, 1.807) is 0 Å². The summed E-state index contributed by atoms with van der Waals surface area (Å²) >= 11 is 6.01. The van der Waals surface area contributed by atoms with Gasteiger partial charge in [0.2, 0.25) is 0 Å². The number of likely N-dealkylation sites (tertiary alicyclic amines) is 1. The van der Waals surface area contributed by atoms with Crippen molar-refractivity contribution in [2.24, 2.45) is 11.8 Å². The van der Waals surface area contributed by atoms with Crippen LogP contribution in [0.15, 0.2) is 18.2 Å². The minimum atomic E-state index is 0.772. The van der Waals surface area contributed by atoms with Crippen LogP contribution in [-0.2, 0) is 6.54 Å². The molecule has 1 atom stereocenters. The molecule has 2 nitrogen and oxygen atoms in total. The van der Waals surface area contributed by atoms with Gasteiger partial charge in [-0.3, -0.25) is 4.90 Å². The van der Waals surface area contributed by atoms with E-state index in [0.29, 0.717) is 0 Å². The highest BCUT2D eigenvalue weighted by Gasteiger charge is 2.24. The quantitative estimate of drug-likeness (QED) is 0.836. The largest absolute Gasteiger partial charge is 0.398 e. The predicted molar refractivity (Wildman–Crippen MR) is 74.1 cm³/mol. The van der Waals surface area contributed by atoms with Crippen molar-refractivity contribution in [1.29, 1.82) is 0 Å². The molecule has 0 aliphatic carbocycles. The number of nitrogen functional groups attached to an aromatic ring is 1. The number of benzene rings is 1. The number of nitrogens with two attached hydrogens (primary N) is 1. The fourth-order valence-corrected chi connectivity index (χ4v) is 2.70. The summed E-state index contributed by atoms with van der Waals surface area (Å²) in [6.45, 7) is 7.90. The van der Waals surface area contributed by atoms with Crippen LogP contribution < -0.4 is 5.73 Å². The van der Waals surface area contributed by atoms with Crippen molar-refractivity contribution in [2.75, 3.05) is 18.8 Å². The molecule has 0 spiro atoms. The maximum Gasteiger partial charge on any atom is 0.0410 e. The number of halogens is 1. The lowest BCUT2D eigenvalue weighted by Crippen LogP contribution is -2.22. The van der Waals surface area contributed by atoms with E-state index in [4.69, 9.17) is 17.3 Å². The molecule has 0 bridgehead atoms. The standard InChI is InChI=1S/C14H21ClN2/c1-10(2)11-5-6-17(8-11)9-12-7-13(15)3-4-14(12)16/h3-4,7,10-11H,5-6,8-9,16H2,1-2H3. The molecule has 0 amide bonds. The van der Waals surface area contributed by atoms with E-state index in [9.17, 15) is 0 Å². The van der Waals surface area contributed by atoms with Crippen LogP contribution in [0.4, 0.5) is 5.69 Å². The Morgan fingerprint density at radius 2 is 2.24 bits per heavy atom. The van der Waals surface area contributed by atoms with Gasteiger partial charge >= 0.3 is 0 Å². The van der Waals surface area contributed by atoms with Gasteiger partial charge in [-0.1, -0.05) is 25.4 Å². The molecule has 1 aliphatic rings. The molecule has 0 saturated carbocycles. The maximum absolute atomic E-state index is 6.01. The van der Waals surface area contributed by atoms with Gasteiger partial charge < -0.3 is 5.73 Å². The van der Waals surface area contributed by atoms with Gasteiger partial charge in [0, 0.05) is 23.8 Å². The van der Waals surface area contributed by atoms with E-state index in [2.05, 4.69) is 18.7 Å². The Bertz CT molecular complexity index is 390. The molecular formula is C14H21ClN2. The van der Waals surface area contributed by atoms with Gasteiger partial charge in [-0.05, 0) is 48.6 Å². The minimum absolute atomic E-state index is 0.772. The summed E-state index contributed by atoms with van der Waals surface area (Å²) < 4.78 is 0. The zero-order valence-electron chi connectivity index (χ0n) is 10.6. The fraction of sp³-hybridized carbons (Fsp3) is 0.571. The highest BCUT2D eigenvalue weighted by Crippen LogP contribution is 2.27. The van der Waals surface area contributed by atoms with Crippen LogP contribution in [0.25, 0.3) is 0 Å². The SMILES string of the molecule is CC(C)C1CCN(Cc2cc(Cl)ccc2N)C1. The van der Waals surface area contributed by atoms with Gasteiger partial charge in [0.25, 0.3) is 0 Å². The summed E-state index contributed by atoms with van der Waals surface area (Å²) in [5, 5.41) is 0.772. The monoisotopic (exact) mass is 252 g/mol. The molecule has 3 heteroatoms. The molecule has 1 fully saturated rings. The van der Waals surface area contributed by atoms with E-state index in [-0.39, 0.29) is 0 Å². The summed E-state index contributed by atoms with van der Waals surface area (Å²) in [6.07, 6.45) is 1.30. The number of hydrogen-bond donors (Lipinski definition) is 1. The molecule has 1 aromatic carbocycles. The first kappa shape index (κ1) is 12.7. The first-order valence-corrected chi connectivity index (χ1v) is 6.70. The van der Waals surface area contributed by atoms with E-state index < -0.39 is 0 Å². The average molecular weight is 253 g/mol. The molecule has 1 aromatic rings. The Balaban J connectivity index is 2.00. The van der Waals surface area contributed by atoms with Gasteiger partial charge in [-0.2, -0.15) is 0 Å². The summed E-state index contributed by atoms with van der Waals surface area (Å²) in [5.41, 5.74) is 7.98.